The van der Waals surface area contributed by atoms with Crippen molar-refractivity contribution in [3.8, 4) is 6.07 Å². The van der Waals surface area contributed by atoms with Gasteiger partial charge in [0.2, 0.25) is 5.91 Å². The molecule has 1 saturated heterocycles. The molecule has 1 aliphatic rings. The van der Waals surface area contributed by atoms with Crippen LogP contribution < -0.4 is 10.6 Å². The number of rotatable bonds is 3. The molecule has 19 heavy (non-hydrogen) atoms. The summed E-state index contributed by atoms with van der Waals surface area (Å²) in [7, 11) is 0. The van der Waals surface area contributed by atoms with Gasteiger partial charge in [-0.25, -0.2) is 0 Å². The molecule has 0 spiro atoms. The van der Waals surface area contributed by atoms with E-state index in [2.05, 4.69) is 16.7 Å². The predicted molar refractivity (Wildman–Crippen MR) is 73.8 cm³/mol. The summed E-state index contributed by atoms with van der Waals surface area (Å²) in [5.74, 6) is 0.0750. The molecule has 0 bridgehead atoms. The number of nitrogens with one attached hydrogen (secondary N) is 2. The summed E-state index contributed by atoms with van der Waals surface area (Å²) in [5.41, 5.74) is 2.33. The Morgan fingerprint density at radius 2 is 2.21 bits per heavy atom. The smallest absolute Gasteiger partial charge is 0.241 e. The van der Waals surface area contributed by atoms with Crippen molar-refractivity contribution in [2.24, 2.45) is 0 Å². The average Bonchev–Trinajstić information content (AvgIpc) is 2.46. The Morgan fingerprint density at radius 3 is 2.89 bits per heavy atom. The van der Waals surface area contributed by atoms with Crippen molar-refractivity contribution in [3.63, 3.8) is 0 Å². The molecular weight excluding hydrogens is 240 g/mol. The molecule has 1 aliphatic heterocycles. The predicted octanol–water partition coefficient (Wildman–Crippen LogP) is 0.710. The summed E-state index contributed by atoms with van der Waals surface area (Å²) in [6.07, 6.45) is 0. The zero-order chi connectivity index (χ0) is 13.7. The van der Waals surface area contributed by atoms with Crippen molar-refractivity contribution in [2.45, 2.75) is 6.92 Å². The second-order valence-electron chi connectivity index (χ2n) is 4.65. The standard InChI is InChI=1S/C14H18N4O/c1-11-2-3-13(12(8-11)9-15)17-10-14(19)18-6-4-16-5-7-18/h2-3,8,16-17H,4-7,10H2,1H3. The van der Waals surface area contributed by atoms with Gasteiger partial charge >= 0.3 is 0 Å². The van der Waals surface area contributed by atoms with E-state index in [0.29, 0.717) is 5.56 Å². The van der Waals surface area contributed by atoms with E-state index in [4.69, 9.17) is 5.26 Å². The third-order valence-corrected chi connectivity index (χ3v) is 3.20. The molecule has 1 aromatic carbocycles. The lowest BCUT2D eigenvalue weighted by Gasteiger charge is -2.27. The SMILES string of the molecule is Cc1ccc(NCC(=O)N2CCNCC2)c(C#N)c1. The first-order valence-electron chi connectivity index (χ1n) is 6.44. The van der Waals surface area contributed by atoms with Crippen LogP contribution in [0.2, 0.25) is 0 Å². The van der Waals surface area contributed by atoms with Crippen LogP contribution in [0.5, 0.6) is 0 Å². The zero-order valence-corrected chi connectivity index (χ0v) is 11.1. The number of nitriles is 1. The molecular formula is C14H18N4O. The number of hydrogen-bond donors (Lipinski definition) is 2. The zero-order valence-electron chi connectivity index (χ0n) is 11.1. The molecule has 0 atom stereocenters. The third-order valence-electron chi connectivity index (χ3n) is 3.20. The number of aryl methyl sites for hydroxylation is 1. The van der Waals surface area contributed by atoms with E-state index in [1.165, 1.54) is 0 Å². The Bertz CT molecular complexity index is 501. The summed E-state index contributed by atoms with van der Waals surface area (Å²) >= 11 is 0. The van der Waals surface area contributed by atoms with Crippen LogP contribution in [-0.4, -0.2) is 43.5 Å². The van der Waals surface area contributed by atoms with Crippen LogP contribution in [0.25, 0.3) is 0 Å². The van der Waals surface area contributed by atoms with Crippen LogP contribution in [0.3, 0.4) is 0 Å². The van der Waals surface area contributed by atoms with Crippen molar-refractivity contribution in [1.29, 1.82) is 5.26 Å². The quantitative estimate of drug-likeness (QED) is 0.838. The second kappa shape index (κ2) is 6.21. The highest BCUT2D eigenvalue weighted by molar-refractivity contribution is 5.81. The Balaban J connectivity index is 1.95. The van der Waals surface area contributed by atoms with Gasteiger partial charge in [0.25, 0.3) is 0 Å². The average molecular weight is 258 g/mol. The number of anilines is 1. The first kappa shape index (κ1) is 13.4. The van der Waals surface area contributed by atoms with Gasteiger partial charge in [0.1, 0.15) is 6.07 Å². The summed E-state index contributed by atoms with van der Waals surface area (Å²) in [4.78, 5) is 13.8. The molecule has 1 amide bonds. The minimum Gasteiger partial charge on any atom is -0.375 e. The van der Waals surface area contributed by atoms with Gasteiger partial charge in [-0.2, -0.15) is 5.26 Å². The lowest BCUT2D eigenvalue weighted by Crippen LogP contribution is -2.48. The van der Waals surface area contributed by atoms with E-state index in [1.807, 2.05) is 30.0 Å². The van der Waals surface area contributed by atoms with E-state index in [9.17, 15) is 4.79 Å². The van der Waals surface area contributed by atoms with Gasteiger partial charge in [-0.15, -0.1) is 0 Å². The normalized spacial score (nSPS) is 14.8. The number of benzene rings is 1. The number of nitrogens with zero attached hydrogens (tertiary/aromatic N) is 2. The first-order valence-corrected chi connectivity index (χ1v) is 6.44. The van der Waals surface area contributed by atoms with Crippen LogP contribution in [-0.2, 0) is 4.79 Å². The molecule has 0 aliphatic carbocycles. The van der Waals surface area contributed by atoms with Gasteiger partial charge in [0.15, 0.2) is 0 Å². The minimum absolute atomic E-state index is 0.0750. The van der Waals surface area contributed by atoms with Gasteiger partial charge in [-0.05, 0) is 24.6 Å². The third kappa shape index (κ3) is 3.46. The topological polar surface area (TPSA) is 68.2 Å². The van der Waals surface area contributed by atoms with Gasteiger partial charge in [-0.1, -0.05) is 6.07 Å². The van der Waals surface area contributed by atoms with E-state index >= 15 is 0 Å². The molecule has 1 aromatic rings. The Labute approximate surface area is 113 Å². The fourth-order valence-electron chi connectivity index (χ4n) is 2.10. The Morgan fingerprint density at radius 1 is 1.47 bits per heavy atom. The van der Waals surface area contributed by atoms with Gasteiger partial charge < -0.3 is 15.5 Å². The molecule has 5 heteroatoms. The first-order chi connectivity index (χ1) is 9.20. The molecule has 0 unspecified atom stereocenters. The number of amides is 1. The van der Waals surface area contributed by atoms with Gasteiger partial charge in [-0.3, -0.25) is 4.79 Å². The molecule has 5 nitrogen and oxygen atoms in total. The van der Waals surface area contributed by atoms with Crippen LogP contribution in [0.4, 0.5) is 5.69 Å². The maximum atomic E-state index is 12.0. The second-order valence-corrected chi connectivity index (χ2v) is 4.65. The largest absolute Gasteiger partial charge is 0.375 e. The van der Waals surface area contributed by atoms with Crippen LogP contribution in [0.15, 0.2) is 18.2 Å². The van der Waals surface area contributed by atoms with Gasteiger partial charge in [0.05, 0.1) is 17.8 Å². The molecule has 0 aromatic heterocycles. The molecule has 2 rings (SSSR count). The molecule has 1 heterocycles. The summed E-state index contributed by atoms with van der Waals surface area (Å²) in [6, 6.07) is 7.73. The summed E-state index contributed by atoms with van der Waals surface area (Å²) in [6.45, 7) is 5.37. The molecule has 2 N–H and O–H groups in total. The monoisotopic (exact) mass is 258 g/mol. The lowest BCUT2D eigenvalue weighted by molar-refractivity contribution is -0.129. The highest BCUT2D eigenvalue weighted by Gasteiger charge is 2.15. The molecule has 100 valence electrons. The molecule has 0 saturated carbocycles. The highest BCUT2D eigenvalue weighted by atomic mass is 16.2. The summed E-state index contributed by atoms with van der Waals surface area (Å²) in [5, 5.41) is 15.3. The number of carbonyl (C=O) groups excluding carboxylic acids is 1. The number of hydrogen-bond acceptors (Lipinski definition) is 4. The van der Waals surface area contributed by atoms with E-state index in [-0.39, 0.29) is 12.5 Å². The summed E-state index contributed by atoms with van der Waals surface area (Å²) < 4.78 is 0. The van der Waals surface area contributed by atoms with Crippen molar-refractivity contribution in [3.05, 3.63) is 29.3 Å². The number of carbonyl (C=O) groups is 1. The highest BCUT2D eigenvalue weighted by Crippen LogP contribution is 2.16. The fraction of sp³-hybridized carbons (Fsp3) is 0.429. The van der Waals surface area contributed by atoms with Crippen LogP contribution in [0.1, 0.15) is 11.1 Å². The van der Waals surface area contributed by atoms with Crippen molar-refractivity contribution < 1.29 is 4.79 Å². The number of piperazine rings is 1. The lowest BCUT2D eigenvalue weighted by atomic mass is 10.1. The maximum absolute atomic E-state index is 12.0. The maximum Gasteiger partial charge on any atom is 0.241 e. The fourth-order valence-corrected chi connectivity index (χ4v) is 2.10. The van der Waals surface area contributed by atoms with Crippen molar-refractivity contribution in [2.75, 3.05) is 38.0 Å². The van der Waals surface area contributed by atoms with Gasteiger partial charge in [0, 0.05) is 26.2 Å². The van der Waals surface area contributed by atoms with E-state index in [1.54, 1.807) is 0 Å². The Kier molecular flexibility index (Phi) is 4.37. The van der Waals surface area contributed by atoms with Crippen LogP contribution in [0, 0.1) is 18.3 Å². The van der Waals surface area contributed by atoms with E-state index < -0.39 is 0 Å². The minimum atomic E-state index is 0.0750. The Hall–Kier alpha value is -2.06. The van der Waals surface area contributed by atoms with Crippen LogP contribution >= 0.6 is 0 Å². The van der Waals surface area contributed by atoms with Crippen molar-refractivity contribution in [1.82, 2.24) is 10.2 Å². The molecule has 1 fully saturated rings. The van der Waals surface area contributed by atoms with E-state index in [0.717, 1.165) is 37.4 Å². The van der Waals surface area contributed by atoms with Crippen molar-refractivity contribution >= 4 is 11.6 Å². The molecule has 0 radical (unpaired) electrons.